The number of aromatic nitrogens is 1. The van der Waals surface area contributed by atoms with Crippen LogP contribution >= 0.6 is 11.3 Å². The summed E-state index contributed by atoms with van der Waals surface area (Å²) in [5.74, 6) is 0.627. The van der Waals surface area contributed by atoms with Gasteiger partial charge < -0.3 is 9.73 Å². The first-order chi connectivity index (χ1) is 10.2. The summed E-state index contributed by atoms with van der Waals surface area (Å²) in [7, 11) is 0. The number of thiazole rings is 1. The molecule has 21 heavy (non-hydrogen) atoms. The second kappa shape index (κ2) is 6.20. The van der Waals surface area contributed by atoms with Crippen molar-refractivity contribution in [3.63, 3.8) is 0 Å². The fourth-order valence-electron chi connectivity index (χ4n) is 2.05. The van der Waals surface area contributed by atoms with Crippen LogP contribution in [0.2, 0.25) is 0 Å². The maximum atomic E-state index is 13.2. The van der Waals surface area contributed by atoms with Gasteiger partial charge in [0.2, 0.25) is 0 Å². The van der Waals surface area contributed by atoms with Crippen molar-refractivity contribution in [2.24, 2.45) is 0 Å². The minimum atomic E-state index is -0.165. The molecule has 0 aliphatic heterocycles. The number of hydrogen-bond donors (Lipinski definition) is 1. The average Bonchev–Trinajstić information content (AvgIpc) is 3.13. The molecule has 0 spiro atoms. The molecule has 0 saturated heterocycles. The Morgan fingerprint density at radius 3 is 2.95 bits per heavy atom. The van der Waals surface area contributed by atoms with Gasteiger partial charge in [-0.2, -0.15) is 0 Å². The third-order valence-corrected chi connectivity index (χ3v) is 4.05. The predicted octanol–water partition coefficient (Wildman–Crippen LogP) is 4.14. The van der Waals surface area contributed by atoms with E-state index in [9.17, 15) is 4.39 Å². The molecule has 0 bridgehead atoms. The van der Waals surface area contributed by atoms with Gasteiger partial charge in [-0.1, -0.05) is 12.1 Å². The van der Waals surface area contributed by atoms with Gasteiger partial charge in [-0.15, -0.1) is 11.3 Å². The van der Waals surface area contributed by atoms with E-state index in [-0.39, 0.29) is 5.82 Å². The maximum absolute atomic E-state index is 13.2. The van der Waals surface area contributed by atoms with Crippen molar-refractivity contribution in [2.45, 2.75) is 20.0 Å². The molecule has 0 saturated carbocycles. The van der Waals surface area contributed by atoms with E-state index in [1.54, 1.807) is 30.6 Å². The van der Waals surface area contributed by atoms with E-state index in [0.717, 1.165) is 22.0 Å². The predicted molar refractivity (Wildman–Crippen MR) is 81.5 cm³/mol. The van der Waals surface area contributed by atoms with Gasteiger partial charge in [0.05, 0.1) is 12.0 Å². The van der Waals surface area contributed by atoms with Crippen LogP contribution in [0.25, 0.3) is 10.8 Å². The highest BCUT2D eigenvalue weighted by atomic mass is 32.1. The Hall–Kier alpha value is -1.98. The SMILES string of the molecule is Cc1cc(CNCc2csc(-c3ccco3)n2)ccc1F. The summed E-state index contributed by atoms with van der Waals surface area (Å²) in [6, 6.07) is 8.91. The Kier molecular flexibility index (Phi) is 4.13. The quantitative estimate of drug-likeness (QED) is 0.769. The molecule has 0 fully saturated rings. The van der Waals surface area contributed by atoms with Crippen molar-refractivity contribution < 1.29 is 8.81 Å². The van der Waals surface area contributed by atoms with Crippen molar-refractivity contribution in [3.8, 4) is 10.8 Å². The second-order valence-corrected chi connectivity index (χ2v) is 5.67. The second-order valence-electron chi connectivity index (χ2n) is 4.81. The number of nitrogens with one attached hydrogen (secondary N) is 1. The van der Waals surface area contributed by atoms with Crippen molar-refractivity contribution in [2.75, 3.05) is 0 Å². The number of rotatable bonds is 5. The molecule has 108 valence electrons. The Labute approximate surface area is 126 Å². The van der Waals surface area contributed by atoms with Gasteiger partial charge in [0.15, 0.2) is 10.8 Å². The first-order valence-corrected chi connectivity index (χ1v) is 7.54. The standard InChI is InChI=1S/C16H15FN2OS/c1-11-7-12(4-5-14(11)17)8-18-9-13-10-21-16(19-13)15-3-2-6-20-15/h2-7,10,18H,8-9H2,1H3. The van der Waals surface area contributed by atoms with E-state index in [2.05, 4.69) is 10.3 Å². The Bertz CT molecular complexity index is 722. The average molecular weight is 302 g/mol. The summed E-state index contributed by atoms with van der Waals surface area (Å²) >= 11 is 1.56. The summed E-state index contributed by atoms with van der Waals surface area (Å²) in [6.45, 7) is 3.14. The van der Waals surface area contributed by atoms with Crippen LogP contribution in [0.1, 0.15) is 16.8 Å². The number of benzene rings is 1. The Morgan fingerprint density at radius 1 is 1.29 bits per heavy atom. The van der Waals surface area contributed by atoms with Gasteiger partial charge >= 0.3 is 0 Å². The molecule has 1 N–H and O–H groups in total. The van der Waals surface area contributed by atoms with Crippen LogP contribution < -0.4 is 5.32 Å². The molecule has 0 aliphatic carbocycles. The molecule has 3 aromatic rings. The van der Waals surface area contributed by atoms with Gasteiger partial charge in [-0.05, 0) is 36.2 Å². The summed E-state index contributed by atoms with van der Waals surface area (Å²) in [5, 5.41) is 6.21. The molecule has 0 atom stereocenters. The monoisotopic (exact) mass is 302 g/mol. The first-order valence-electron chi connectivity index (χ1n) is 6.66. The van der Waals surface area contributed by atoms with E-state index in [0.29, 0.717) is 18.7 Å². The normalized spacial score (nSPS) is 11.0. The lowest BCUT2D eigenvalue weighted by molar-refractivity contribution is 0.581. The zero-order valence-corrected chi connectivity index (χ0v) is 12.4. The lowest BCUT2D eigenvalue weighted by atomic mass is 10.1. The molecule has 5 heteroatoms. The smallest absolute Gasteiger partial charge is 0.162 e. The molecule has 0 amide bonds. The molecule has 1 aromatic carbocycles. The number of furan rings is 1. The molecule has 0 radical (unpaired) electrons. The number of halogens is 1. The van der Waals surface area contributed by atoms with Crippen molar-refractivity contribution >= 4 is 11.3 Å². The highest BCUT2D eigenvalue weighted by Crippen LogP contribution is 2.23. The molecular formula is C16H15FN2OS. The zero-order chi connectivity index (χ0) is 14.7. The van der Waals surface area contributed by atoms with E-state index in [1.165, 1.54) is 6.07 Å². The van der Waals surface area contributed by atoms with Gasteiger partial charge in [-0.3, -0.25) is 0 Å². The molecule has 2 aromatic heterocycles. The highest BCUT2D eigenvalue weighted by molar-refractivity contribution is 7.13. The zero-order valence-electron chi connectivity index (χ0n) is 11.6. The largest absolute Gasteiger partial charge is 0.462 e. The van der Waals surface area contributed by atoms with Gasteiger partial charge in [0.25, 0.3) is 0 Å². The minimum absolute atomic E-state index is 0.165. The van der Waals surface area contributed by atoms with Crippen LogP contribution in [0.5, 0.6) is 0 Å². The molecule has 0 aliphatic rings. The molecule has 2 heterocycles. The van der Waals surface area contributed by atoms with Gasteiger partial charge in [0.1, 0.15) is 5.82 Å². The highest BCUT2D eigenvalue weighted by Gasteiger charge is 2.06. The minimum Gasteiger partial charge on any atom is -0.462 e. The Balaban J connectivity index is 1.57. The van der Waals surface area contributed by atoms with E-state index < -0.39 is 0 Å². The van der Waals surface area contributed by atoms with Crippen molar-refractivity contribution in [1.29, 1.82) is 0 Å². The van der Waals surface area contributed by atoms with Crippen LogP contribution in [0.15, 0.2) is 46.4 Å². The van der Waals surface area contributed by atoms with E-state index >= 15 is 0 Å². The van der Waals surface area contributed by atoms with Gasteiger partial charge in [0, 0.05) is 18.5 Å². The van der Waals surface area contributed by atoms with Crippen LogP contribution in [-0.2, 0) is 13.1 Å². The van der Waals surface area contributed by atoms with Crippen LogP contribution in [0.3, 0.4) is 0 Å². The molecular weight excluding hydrogens is 287 g/mol. The Morgan fingerprint density at radius 2 is 2.19 bits per heavy atom. The lowest BCUT2D eigenvalue weighted by Gasteiger charge is -2.04. The lowest BCUT2D eigenvalue weighted by Crippen LogP contribution is -2.13. The third kappa shape index (κ3) is 3.37. The third-order valence-electron chi connectivity index (χ3n) is 3.14. The number of hydrogen-bond acceptors (Lipinski definition) is 4. The topological polar surface area (TPSA) is 38.1 Å². The number of aryl methyl sites for hydroxylation is 1. The van der Waals surface area contributed by atoms with E-state index in [1.807, 2.05) is 23.6 Å². The molecule has 3 nitrogen and oxygen atoms in total. The van der Waals surface area contributed by atoms with Gasteiger partial charge in [-0.25, -0.2) is 9.37 Å². The number of nitrogens with zero attached hydrogens (tertiary/aromatic N) is 1. The molecule has 0 unspecified atom stereocenters. The fourth-order valence-corrected chi connectivity index (χ4v) is 2.84. The molecule has 3 rings (SSSR count). The van der Waals surface area contributed by atoms with E-state index in [4.69, 9.17) is 4.42 Å². The van der Waals surface area contributed by atoms with Crippen LogP contribution in [0, 0.1) is 12.7 Å². The van der Waals surface area contributed by atoms with Crippen molar-refractivity contribution in [1.82, 2.24) is 10.3 Å². The fraction of sp³-hybridized carbons (Fsp3) is 0.188. The summed E-state index contributed by atoms with van der Waals surface area (Å²) in [6.07, 6.45) is 1.64. The maximum Gasteiger partial charge on any atom is 0.162 e. The summed E-state index contributed by atoms with van der Waals surface area (Å²) in [5.41, 5.74) is 2.71. The summed E-state index contributed by atoms with van der Waals surface area (Å²) in [4.78, 5) is 4.52. The summed E-state index contributed by atoms with van der Waals surface area (Å²) < 4.78 is 18.5. The van der Waals surface area contributed by atoms with Crippen LogP contribution in [0.4, 0.5) is 4.39 Å². The van der Waals surface area contributed by atoms with Crippen LogP contribution in [-0.4, -0.2) is 4.98 Å². The first kappa shape index (κ1) is 14.0. The van der Waals surface area contributed by atoms with Crippen molar-refractivity contribution in [3.05, 3.63) is 64.6 Å².